The minimum atomic E-state index is -0.858. The average molecular weight is 343 g/mol. The van der Waals surface area contributed by atoms with Gasteiger partial charge in [0.15, 0.2) is 5.43 Å². The van der Waals surface area contributed by atoms with Crippen LogP contribution in [0, 0.1) is 0 Å². The number of fused-ring (bicyclic) bond motifs is 1. The molecule has 0 aliphatic carbocycles. The molecule has 1 aromatic heterocycles. The van der Waals surface area contributed by atoms with E-state index in [-0.39, 0.29) is 17.6 Å². The quantitative estimate of drug-likeness (QED) is 0.668. The van der Waals surface area contributed by atoms with Gasteiger partial charge in [-0.3, -0.25) is 9.59 Å². The highest BCUT2D eigenvalue weighted by atomic mass is 35.5. The van der Waals surface area contributed by atoms with Gasteiger partial charge in [-0.15, -0.1) is 0 Å². The highest BCUT2D eigenvalue weighted by Gasteiger charge is 2.28. The van der Waals surface area contributed by atoms with Crippen molar-refractivity contribution < 1.29 is 13.9 Å². The molecule has 0 bridgehead atoms. The molecule has 1 atom stereocenters. The molecular weight excluding hydrogens is 328 g/mol. The molecule has 0 fully saturated rings. The molecule has 0 saturated heterocycles. The largest absolute Gasteiger partial charge is 0.465 e. The number of rotatable bonds is 4. The predicted molar refractivity (Wildman–Crippen MR) is 92.4 cm³/mol. The van der Waals surface area contributed by atoms with Gasteiger partial charge in [0.25, 0.3) is 0 Å². The Labute approximate surface area is 143 Å². The van der Waals surface area contributed by atoms with Crippen molar-refractivity contribution in [2.75, 3.05) is 6.61 Å². The molecule has 3 rings (SSSR count). The Hall–Kier alpha value is -2.59. The maximum atomic E-state index is 12.8. The van der Waals surface area contributed by atoms with Gasteiger partial charge in [-0.1, -0.05) is 35.9 Å². The predicted octanol–water partition coefficient (Wildman–Crippen LogP) is 4.14. The fraction of sp³-hybridized carbons (Fsp3) is 0.158. The van der Waals surface area contributed by atoms with E-state index in [0.29, 0.717) is 21.6 Å². The van der Waals surface area contributed by atoms with Gasteiger partial charge in [-0.05, 0) is 36.8 Å². The number of carbonyl (C=O) groups excluding carboxylic acids is 1. The molecule has 0 spiro atoms. The molecule has 3 aromatic rings. The van der Waals surface area contributed by atoms with E-state index in [1.54, 1.807) is 55.5 Å². The monoisotopic (exact) mass is 342 g/mol. The molecule has 0 unspecified atom stereocenters. The summed E-state index contributed by atoms with van der Waals surface area (Å²) in [6, 6.07) is 13.7. The Morgan fingerprint density at radius 3 is 2.58 bits per heavy atom. The first kappa shape index (κ1) is 16.3. The number of hydrogen-bond acceptors (Lipinski definition) is 4. The number of hydrogen-bond donors (Lipinski definition) is 0. The number of esters is 1. The van der Waals surface area contributed by atoms with Gasteiger partial charge in [0.05, 0.1) is 23.8 Å². The van der Waals surface area contributed by atoms with Gasteiger partial charge < -0.3 is 9.15 Å². The Balaban J connectivity index is 2.18. The first-order valence-corrected chi connectivity index (χ1v) is 7.92. The molecule has 1 heterocycles. The lowest BCUT2D eigenvalue weighted by atomic mass is 9.91. The topological polar surface area (TPSA) is 56.5 Å². The van der Waals surface area contributed by atoms with E-state index in [1.165, 1.54) is 6.26 Å². The fourth-order valence-corrected chi connectivity index (χ4v) is 2.74. The summed E-state index contributed by atoms with van der Waals surface area (Å²) in [6.07, 6.45) is 1.33. The molecule has 0 aliphatic heterocycles. The maximum Gasteiger partial charge on any atom is 0.318 e. The lowest BCUT2D eigenvalue weighted by molar-refractivity contribution is -0.143. The molecule has 0 saturated carbocycles. The standard InChI is InChI=1S/C19H15ClO4/c1-2-23-19(22)17(12-7-9-13(20)10-8-12)15-11-24-16-6-4-3-5-14(16)18(15)21/h3-11,17H,2H2,1H3/t17-/m1/s1. The molecule has 4 nitrogen and oxygen atoms in total. The van der Waals surface area contributed by atoms with Crippen LogP contribution in [0.25, 0.3) is 11.0 Å². The third-order valence-electron chi connectivity index (χ3n) is 3.74. The van der Waals surface area contributed by atoms with Crippen molar-refractivity contribution >= 4 is 28.5 Å². The van der Waals surface area contributed by atoms with Crippen LogP contribution < -0.4 is 5.43 Å². The first-order valence-electron chi connectivity index (χ1n) is 7.54. The molecular formula is C19H15ClO4. The van der Waals surface area contributed by atoms with Crippen molar-refractivity contribution in [1.82, 2.24) is 0 Å². The fourth-order valence-electron chi connectivity index (χ4n) is 2.62. The van der Waals surface area contributed by atoms with E-state index in [4.69, 9.17) is 20.8 Å². The van der Waals surface area contributed by atoms with Crippen LogP contribution in [0.15, 0.2) is 64.0 Å². The lowest BCUT2D eigenvalue weighted by Crippen LogP contribution is -2.23. The Bertz CT molecular complexity index is 928. The van der Waals surface area contributed by atoms with E-state index < -0.39 is 11.9 Å². The molecule has 5 heteroatoms. The minimum Gasteiger partial charge on any atom is -0.465 e. The normalized spacial score (nSPS) is 12.1. The van der Waals surface area contributed by atoms with E-state index >= 15 is 0 Å². The van der Waals surface area contributed by atoms with Crippen LogP contribution in [0.2, 0.25) is 5.02 Å². The van der Waals surface area contributed by atoms with Crippen molar-refractivity contribution in [3.05, 3.63) is 81.2 Å². The summed E-state index contributed by atoms with van der Waals surface area (Å²) in [4.78, 5) is 25.3. The molecule has 0 radical (unpaired) electrons. The molecule has 2 aromatic carbocycles. The van der Waals surface area contributed by atoms with Crippen LogP contribution in [-0.4, -0.2) is 12.6 Å². The van der Waals surface area contributed by atoms with Crippen molar-refractivity contribution in [1.29, 1.82) is 0 Å². The first-order chi connectivity index (χ1) is 11.6. The van der Waals surface area contributed by atoms with Gasteiger partial charge in [0, 0.05) is 5.02 Å². The summed E-state index contributed by atoms with van der Waals surface area (Å²) in [5, 5.41) is 0.977. The molecule has 0 aliphatic rings. The molecule has 0 N–H and O–H groups in total. The van der Waals surface area contributed by atoms with Crippen LogP contribution >= 0.6 is 11.6 Å². The highest BCUT2D eigenvalue weighted by Crippen LogP contribution is 2.27. The second-order valence-electron chi connectivity index (χ2n) is 5.25. The molecule has 0 amide bonds. The summed E-state index contributed by atoms with van der Waals surface area (Å²) in [5.41, 5.74) is 1.10. The third-order valence-corrected chi connectivity index (χ3v) is 4.00. The Morgan fingerprint density at radius 2 is 1.88 bits per heavy atom. The minimum absolute atomic E-state index is 0.224. The average Bonchev–Trinajstić information content (AvgIpc) is 2.59. The van der Waals surface area contributed by atoms with Crippen LogP contribution in [0.4, 0.5) is 0 Å². The summed E-state index contributed by atoms with van der Waals surface area (Å²) in [7, 11) is 0. The summed E-state index contributed by atoms with van der Waals surface area (Å²) in [5.74, 6) is -1.36. The summed E-state index contributed by atoms with van der Waals surface area (Å²) >= 11 is 5.92. The van der Waals surface area contributed by atoms with Gasteiger partial charge in [0.1, 0.15) is 11.5 Å². The van der Waals surface area contributed by atoms with E-state index in [2.05, 4.69) is 0 Å². The van der Waals surface area contributed by atoms with Gasteiger partial charge >= 0.3 is 5.97 Å². The number of para-hydroxylation sites is 1. The van der Waals surface area contributed by atoms with Crippen LogP contribution in [-0.2, 0) is 9.53 Å². The van der Waals surface area contributed by atoms with Gasteiger partial charge in [-0.25, -0.2) is 0 Å². The van der Waals surface area contributed by atoms with Crippen LogP contribution in [0.3, 0.4) is 0 Å². The van der Waals surface area contributed by atoms with Gasteiger partial charge in [-0.2, -0.15) is 0 Å². The second-order valence-corrected chi connectivity index (χ2v) is 5.69. The Kier molecular flexibility index (Phi) is 4.67. The SMILES string of the molecule is CCOC(=O)[C@H](c1ccc(Cl)cc1)c1coc2ccccc2c1=O. The number of benzene rings is 2. The highest BCUT2D eigenvalue weighted by molar-refractivity contribution is 6.30. The van der Waals surface area contributed by atoms with Gasteiger partial charge in [0.2, 0.25) is 0 Å². The number of ether oxygens (including phenoxy) is 1. The zero-order valence-corrected chi connectivity index (χ0v) is 13.7. The van der Waals surface area contributed by atoms with E-state index in [1.807, 2.05) is 0 Å². The summed E-state index contributed by atoms with van der Waals surface area (Å²) in [6.45, 7) is 1.95. The van der Waals surface area contributed by atoms with Crippen molar-refractivity contribution in [2.45, 2.75) is 12.8 Å². The van der Waals surface area contributed by atoms with Crippen LogP contribution in [0.1, 0.15) is 24.0 Å². The van der Waals surface area contributed by atoms with Crippen LogP contribution in [0.5, 0.6) is 0 Å². The lowest BCUT2D eigenvalue weighted by Gasteiger charge is -2.16. The second kappa shape index (κ2) is 6.89. The smallest absolute Gasteiger partial charge is 0.318 e. The number of carbonyl (C=O) groups is 1. The Morgan fingerprint density at radius 1 is 1.17 bits per heavy atom. The van der Waals surface area contributed by atoms with Crippen molar-refractivity contribution in [3.63, 3.8) is 0 Å². The van der Waals surface area contributed by atoms with E-state index in [9.17, 15) is 9.59 Å². The number of halogens is 1. The molecule has 122 valence electrons. The van der Waals surface area contributed by atoms with E-state index in [0.717, 1.165) is 0 Å². The zero-order chi connectivity index (χ0) is 17.1. The maximum absolute atomic E-state index is 12.8. The molecule has 24 heavy (non-hydrogen) atoms. The third kappa shape index (κ3) is 3.05. The zero-order valence-electron chi connectivity index (χ0n) is 13.0. The van der Waals surface area contributed by atoms with Crippen molar-refractivity contribution in [3.8, 4) is 0 Å². The summed E-state index contributed by atoms with van der Waals surface area (Å²) < 4.78 is 10.7. The van der Waals surface area contributed by atoms with Crippen molar-refractivity contribution in [2.24, 2.45) is 0 Å².